The summed E-state index contributed by atoms with van der Waals surface area (Å²) >= 11 is 0. The van der Waals surface area contributed by atoms with Crippen molar-refractivity contribution in [2.75, 3.05) is 0 Å². The average molecular weight is 357 g/mol. The van der Waals surface area contributed by atoms with Crippen molar-refractivity contribution in [3.8, 4) is 0 Å². The van der Waals surface area contributed by atoms with Gasteiger partial charge in [0.15, 0.2) is 23.1 Å². The third-order valence-corrected chi connectivity index (χ3v) is 4.30. The molecule has 0 aliphatic heterocycles. The van der Waals surface area contributed by atoms with Gasteiger partial charge in [0, 0.05) is 33.0 Å². The van der Waals surface area contributed by atoms with Crippen molar-refractivity contribution < 1.29 is 9.53 Å². The van der Waals surface area contributed by atoms with Gasteiger partial charge < -0.3 is 9.30 Å². The molecule has 9 nitrogen and oxygen atoms in total. The second kappa shape index (κ2) is 6.25. The van der Waals surface area contributed by atoms with E-state index in [1.54, 1.807) is 30.7 Å². The molecule has 0 saturated heterocycles. The third-order valence-electron chi connectivity index (χ3n) is 4.30. The van der Waals surface area contributed by atoms with Gasteiger partial charge in [-0.05, 0) is 26.0 Å². The van der Waals surface area contributed by atoms with Crippen LogP contribution >= 0.6 is 0 Å². The van der Waals surface area contributed by atoms with Crippen LogP contribution < -0.4 is 11.2 Å². The van der Waals surface area contributed by atoms with Crippen LogP contribution in [0, 0.1) is 6.92 Å². The number of rotatable bonds is 3. The van der Waals surface area contributed by atoms with Crippen LogP contribution in [0.3, 0.4) is 0 Å². The first kappa shape index (κ1) is 17.6. The molecular weight excluding hydrogens is 338 g/mol. The summed E-state index contributed by atoms with van der Waals surface area (Å²) in [7, 11) is 4.59. The summed E-state index contributed by atoms with van der Waals surface area (Å²) in [6, 6.07) is 3.35. The summed E-state index contributed by atoms with van der Waals surface area (Å²) in [5.74, 6) is -0.175. The predicted molar refractivity (Wildman–Crippen MR) is 94.0 cm³/mol. The highest BCUT2D eigenvalue weighted by Crippen LogP contribution is 2.20. The first-order valence-corrected chi connectivity index (χ1v) is 7.98. The van der Waals surface area contributed by atoms with E-state index in [2.05, 4.69) is 9.97 Å². The monoisotopic (exact) mass is 357 g/mol. The van der Waals surface area contributed by atoms with Gasteiger partial charge in [0.2, 0.25) is 0 Å². The fraction of sp³-hybridized carbons (Fsp3) is 0.353. The Morgan fingerprint density at radius 1 is 1.12 bits per heavy atom. The summed E-state index contributed by atoms with van der Waals surface area (Å²) in [6.07, 6.45) is 0.722. The lowest BCUT2D eigenvalue weighted by atomic mass is 10.2. The summed E-state index contributed by atoms with van der Waals surface area (Å²) in [6.45, 7) is 3.48. The summed E-state index contributed by atoms with van der Waals surface area (Å²) in [5, 5.41) is 0. The second-order valence-corrected chi connectivity index (χ2v) is 6.14. The minimum Gasteiger partial charge on any atom is -0.451 e. The highest BCUT2D eigenvalue weighted by Gasteiger charge is 2.23. The number of carbonyl (C=O) groups excluding carboxylic acids is 1. The molecule has 3 aromatic heterocycles. The molecular formula is C17H19N5O4. The number of carbonyl (C=O) groups is 1. The molecule has 0 saturated carbocycles. The molecule has 3 heterocycles. The minimum absolute atomic E-state index is 0.246. The van der Waals surface area contributed by atoms with Gasteiger partial charge in [-0.1, -0.05) is 0 Å². The largest absolute Gasteiger partial charge is 0.451 e. The quantitative estimate of drug-likeness (QED) is 0.636. The van der Waals surface area contributed by atoms with Gasteiger partial charge in [0.1, 0.15) is 0 Å². The topological polar surface area (TPSA) is 101 Å². The van der Waals surface area contributed by atoms with Gasteiger partial charge in [-0.25, -0.2) is 14.6 Å². The molecule has 0 aromatic carbocycles. The third kappa shape index (κ3) is 2.71. The molecule has 3 aromatic rings. The molecule has 26 heavy (non-hydrogen) atoms. The normalized spacial score (nSPS) is 12.3. The second-order valence-electron chi connectivity index (χ2n) is 6.14. The smallest absolute Gasteiger partial charge is 0.340 e. The molecule has 0 aliphatic rings. The summed E-state index contributed by atoms with van der Waals surface area (Å²) in [5.41, 5.74) is 0.708. The van der Waals surface area contributed by atoms with Gasteiger partial charge >= 0.3 is 11.7 Å². The number of fused-ring (bicyclic) bond motifs is 1. The van der Waals surface area contributed by atoms with E-state index in [0.29, 0.717) is 11.4 Å². The molecule has 9 heteroatoms. The van der Waals surface area contributed by atoms with Crippen molar-refractivity contribution in [1.82, 2.24) is 23.7 Å². The number of esters is 1. The van der Waals surface area contributed by atoms with Crippen molar-refractivity contribution in [2.24, 2.45) is 21.1 Å². The lowest BCUT2D eigenvalue weighted by molar-refractivity contribution is 0.0315. The van der Waals surface area contributed by atoms with Gasteiger partial charge in [-0.3, -0.25) is 18.9 Å². The number of aromatic nitrogens is 5. The average Bonchev–Trinajstić information content (AvgIpc) is 2.96. The Labute approximate surface area is 148 Å². The van der Waals surface area contributed by atoms with Crippen molar-refractivity contribution in [3.63, 3.8) is 0 Å². The van der Waals surface area contributed by atoms with Gasteiger partial charge in [-0.15, -0.1) is 0 Å². The maximum absolute atomic E-state index is 12.4. The van der Waals surface area contributed by atoms with Crippen molar-refractivity contribution in [3.05, 3.63) is 56.2 Å². The molecule has 0 radical (unpaired) electrons. The van der Waals surface area contributed by atoms with Crippen LogP contribution in [0.5, 0.6) is 0 Å². The SMILES string of the molecule is Cc1ccc(C(=O)OC(C)c2nc3c(c(=O)n(C)c(=O)n3C)n2C)cn1. The van der Waals surface area contributed by atoms with E-state index in [4.69, 9.17) is 4.74 Å². The fourth-order valence-corrected chi connectivity index (χ4v) is 2.77. The van der Waals surface area contributed by atoms with E-state index >= 15 is 0 Å². The van der Waals surface area contributed by atoms with E-state index in [1.807, 2.05) is 6.92 Å². The summed E-state index contributed by atoms with van der Waals surface area (Å²) in [4.78, 5) is 45.2. The Kier molecular flexibility index (Phi) is 4.23. The van der Waals surface area contributed by atoms with Gasteiger partial charge in [0.25, 0.3) is 5.56 Å². The maximum atomic E-state index is 12.4. The first-order chi connectivity index (χ1) is 12.2. The van der Waals surface area contributed by atoms with E-state index in [-0.39, 0.29) is 11.2 Å². The Morgan fingerprint density at radius 3 is 2.42 bits per heavy atom. The van der Waals surface area contributed by atoms with Crippen LogP contribution in [0.1, 0.15) is 34.9 Å². The van der Waals surface area contributed by atoms with Crippen LogP contribution in [0.2, 0.25) is 0 Å². The van der Waals surface area contributed by atoms with E-state index in [9.17, 15) is 14.4 Å². The molecule has 0 amide bonds. The lowest BCUT2D eigenvalue weighted by Crippen LogP contribution is -2.37. The molecule has 0 aliphatic carbocycles. The Morgan fingerprint density at radius 2 is 1.81 bits per heavy atom. The number of imidazole rings is 1. The zero-order valence-corrected chi connectivity index (χ0v) is 15.2. The van der Waals surface area contributed by atoms with Gasteiger partial charge in [0.05, 0.1) is 5.56 Å². The molecule has 0 bridgehead atoms. The van der Waals surface area contributed by atoms with E-state index < -0.39 is 23.3 Å². The standard InChI is InChI=1S/C17H19N5O4/c1-9-6-7-11(8-18-9)16(24)26-10(2)13-19-14-12(20(13)3)15(23)22(5)17(25)21(14)4/h6-8,10H,1-5H3. The maximum Gasteiger partial charge on any atom is 0.340 e. The first-order valence-electron chi connectivity index (χ1n) is 7.98. The molecule has 0 N–H and O–H groups in total. The number of hydrogen-bond donors (Lipinski definition) is 0. The Bertz CT molecular complexity index is 1120. The Balaban J connectivity index is 2.01. The zero-order chi connectivity index (χ0) is 19.2. The number of aryl methyl sites for hydroxylation is 3. The molecule has 0 fully saturated rings. The molecule has 1 atom stereocenters. The highest BCUT2D eigenvalue weighted by atomic mass is 16.5. The zero-order valence-electron chi connectivity index (χ0n) is 15.2. The van der Waals surface area contributed by atoms with Crippen molar-refractivity contribution >= 4 is 17.1 Å². The lowest BCUT2D eigenvalue weighted by Gasteiger charge is -2.13. The van der Waals surface area contributed by atoms with Crippen molar-refractivity contribution in [2.45, 2.75) is 20.0 Å². The number of nitrogens with zero attached hydrogens (tertiary/aromatic N) is 5. The summed E-state index contributed by atoms with van der Waals surface area (Å²) < 4.78 is 9.31. The van der Waals surface area contributed by atoms with Crippen LogP contribution in [0.4, 0.5) is 0 Å². The molecule has 3 rings (SSSR count). The molecule has 136 valence electrons. The predicted octanol–water partition coefficient (Wildman–Crippen LogP) is 0.592. The van der Waals surface area contributed by atoms with Crippen molar-refractivity contribution in [1.29, 1.82) is 0 Å². The van der Waals surface area contributed by atoms with Crippen LogP contribution in [0.15, 0.2) is 27.9 Å². The van der Waals surface area contributed by atoms with Crippen LogP contribution in [-0.4, -0.2) is 29.6 Å². The number of ether oxygens (including phenoxy) is 1. The van der Waals surface area contributed by atoms with Gasteiger partial charge in [-0.2, -0.15) is 0 Å². The Hall–Kier alpha value is -3.23. The number of pyridine rings is 1. The highest BCUT2D eigenvalue weighted by molar-refractivity contribution is 5.89. The molecule has 0 spiro atoms. The van der Waals surface area contributed by atoms with Crippen LogP contribution in [-0.2, 0) is 25.9 Å². The van der Waals surface area contributed by atoms with E-state index in [0.717, 1.165) is 10.3 Å². The van der Waals surface area contributed by atoms with E-state index in [1.165, 1.54) is 24.9 Å². The molecule has 1 unspecified atom stereocenters. The fourth-order valence-electron chi connectivity index (χ4n) is 2.77. The number of hydrogen-bond acceptors (Lipinski definition) is 6. The van der Waals surface area contributed by atoms with Crippen LogP contribution in [0.25, 0.3) is 11.2 Å². The minimum atomic E-state index is -0.721.